The van der Waals surface area contributed by atoms with Crippen LogP contribution in [0.3, 0.4) is 0 Å². The van der Waals surface area contributed by atoms with E-state index in [0.29, 0.717) is 12.4 Å². The average molecular weight is 224 g/mol. The highest BCUT2D eigenvalue weighted by atomic mass is 16.3. The van der Waals surface area contributed by atoms with E-state index in [9.17, 15) is 0 Å². The smallest absolute Gasteiger partial charge is 0.140 e. The molecule has 5 nitrogen and oxygen atoms in total. The SMILES string of the molecule is CCCN(CCO)Cc1ccnc(NN)c1. The van der Waals surface area contributed by atoms with E-state index in [0.717, 1.165) is 25.1 Å². The molecule has 0 spiro atoms. The lowest BCUT2D eigenvalue weighted by Crippen LogP contribution is -2.27. The summed E-state index contributed by atoms with van der Waals surface area (Å²) in [4.78, 5) is 6.26. The quantitative estimate of drug-likeness (QED) is 0.466. The van der Waals surface area contributed by atoms with Gasteiger partial charge in [-0.3, -0.25) is 4.90 Å². The van der Waals surface area contributed by atoms with Crippen molar-refractivity contribution in [1.82, 2.24) is 9.88 Å². The molecule has 0 fully saturated rings. The molecule has 1 aromatic heterocycles. The molecule has 5 heteroatoms. The Balaban J connectivity index is 2.60. The Morgan fingerprint density at radius 2 is 2.31 bits per heavy atom. The van der Waals surface area contributed by atoms with Crippen molar-refractivity contribution < 1.29 is 5.11 Å². The van der Waals surface area contributed by atoms with Gasteiger partial charge in [-0.1, -0.05) is 6.92 Å². The number of nitrogens with zero attached hydrogens (tertiary/aromatic N) is 2. The number of pyridine rings is 1. The zero-order valence-electron chi connectivity index (χ0n) is 9.69. The summed E-state index contributed by atoms with van der Waals surface area (Å²) in [5.74, 6) is 5.97. The third-order valence-electron chi connectivity index (χ3n) is 2.33. The molecule has 0 atom stereocenters. The summed E-state index contributed by atoms with van der Waals surface area (Å²) < 4.78 is 0. The van der Waals surface area contributed by atoms with Gasteiger partial charge in [0.05, 0.1) is 6.61 Å². The number of aliphatic hydroxyl groups excluding tert-OH is 1. The summed E-state index contributed by atoms with van der Waals surface area (Å²) in [5.41, 5.74) is 3.67. The number of hydrogen-bond acceptors (Lipinski definition) is 5. The highest BCUT2D eigenvalue weighted by molar-refractivity contribution is 5.35. The van der Waals surface area contributed by atoms with Crippen molar-refractivity contribution in [3.8, 4) is 0 Å². The van der Waals surface area contributed by atoms with Crippen LogP contribution in [0.5, 0.6) is 0 Å². The van der Waals surface area contributed by atoms with Crippen LogP contribution < -0.4 is 11.3 Å². The van der Waals surface area contributed by atoms with Crippen LogP contribution in [-0.4, -0.2) is 34.7 Å². The maximum absolute atomic E-state index is 8.96. The third-order valence-corrected chi connectivity index (χ3v) is 2.33. The molecule has 4 N–H and O–H groups in total. The topological polar surface area (TPSA) is 74.4 Å². The Hall–Kier alpha value is -1.17. The van der Waals surface area contributed by atoms with Gasteiger partial charge in [-0.15, -0.1) is 0 Å². The molecular formula is C11H20N4O. The van der Waals surface area contributed by atoms with Gasteiger partial charge in [-0.05, 0) is 30.7 Å². The van der Waals surface area contributed by atoms with E-state index in [1.165, 1.54) is 0 Å². The maximum Gasteiger partial charge on any atom is 0.140 e. The van der Waals surface area contributed by atoms with Crippen LogP contribution in [0, 0.1) is 0 Å². The van der Waals surface area contributed by atoms with Crippen molar-refractivity contribution >= 4 is 5.82 Å². The monoisotopic (exact) mass is 224 g/mol. The van der Waals surface area contributed by atoms with Gasteiger partial charge in [-0.25, -0.2) is 10.8 Å². The molecule has 0 aromatic carbocycles. The Morgan fingerprint density at radius 1 is 1.50 bits per heavy atom. The number of aromatic nitrogens is 1. The van der Waals surface area contributed by atoms with Gasteiger partial charge in [-0.2, -0.15) is 0 Å². The Bertz CT molecular complexity index is 300. The first-order valence-electron chi connectivity index (χ1n) is 5.55. The first kappa shape index (κ1) is 12.9. The fourth-order valence-corrected chi connectivity index (χ4v) is 1.64. The van der Waals surface area contributed by atoms with Gasteiger partial charge < -0.3 is 10.5 Å². The van der Waals surface area contributed by atoms with Gasteiger partial charge in [0.2, 0.25) is 0 Å². The van der Waals surface area contributed by atoms with Crippen molar-refractivity contribution in [3.05, 3.63) is 23.9 Å². The van der Waals surface area contributed by atoms with E-state index in [4.69, 9.17) is 10.9 Å². The number of aliphatic hydroxyl groups is 1. The molecule has 0 aliphatic heterocycles. The van der Waals surface area contributed by atoms with E-state index in [1.807, 2.05) is 12.1 Å². The number of hydrazine groups is 1. The molecule has 1 rings (SSSR count). The second-order valence-electron chi connectivity index (χ2n) is 3.69. The molecule has 1 heterocycles. The first-order valence-corrected chi connectivity index (χ1v) is 5.55. The predicted molar refractivity (Wildman–Crippen MR) is 64.7 cm³/mol. The predicted octanol–water partition coefficient (Wildman–Crippen LogP) is 0.571. The Labute approximate surface area is 96.3 Å². The highest BCUT2D eigenvalue weighted by Gasteiger charge is 2.04. The van der Waals surface area contributed by atoms with Crippen LogP contribution in [0.2, 0.25) is 0 Å². The molecule has 0 aliphatic rings. The molecule has 0 radical (unpaired) electrons. The van der Waals surface area contributed by atoms with E-state index in [-0.39, 0.29) is 6.61 Å². The number of anilines is 1. The summed E-state index contributed by atoms with van der Waals surface area (Å²) >= 11 is 0. The van der Waals surface area contributed by atoms with Crippen molar-refractivity contribution in [1.29, 1.82) is 0 Å². The lowest BCUT2D eigenvalue weighted by atomic mass is 10.2. The molecule has 0 aliphatic carbocycles. The minimum atomic E-state index is 0.188. The van der Waals surface area contributed by atoms with Crippen molar-refractivity contribution in [2.75, 3.05) is 25.1 Å². The first-order chi connectivity index (χ1) is 7.80. The summed E-state index contributed by atoms with van der Waals surface area (Å²) in [7, 11) is 0. The van der Waals surface area contributed by atoms with Crippen LogP contribution in [0.4, 0.5) is 5.82 Å². The van der Waals surface area contributed by atoms with E-state index in [2.05, 4.69) is 22.2 Å². The number of hydrogen-bond donors (Lipinski definition) is 3. The van der Waals surface area contributed by atoms with Gasteiger partial charge >= 0.3 is 0 Å². The van der Waals surface area contributed by atoms with Crippen LogP contribution in [0.15, 0.2) is 18.3 Å². The number of rotatable bonds is 7. The lowest BCUT2D eigenvalue weighted by Gasteiger charge is -2.20. The Morgan fingerprint density at radius 3 is 2.94 bits per heavy atom. The summed E-state index contributed by atoms with van der Waals surface area (Å²) in [6, 6.07) is 3.88. The maximum atomic E-state index is 8.96. The average Bonchev–Trinajstić information content (AvgIpc) is 2.30. The largest absolute Gasteiger partial charge is 0.395 e. The van der Waals surface area contributed by atoms with Crippen molar-refractivity contribution in [2.45, 2.75) is 19.9 Å². The molecule has 16 heavy (non-hydrogen) atoms. The fraction of sp³-hybridized carbons (Fsp3) is 0.545. The van der Waals surface area contributed by atoms with Crippen molar-refractivity contribution in [3.63, 3.8) is 0 Å². The molecule has 0 unspecified atom stereocenters. The summed E-state index contributed by atoms with van der Waals surface area (Å²) in [6.07, 6.45) is 2.81. The standard InChI is InChI=1S/C11H20N4O/c1-2-5-15(6-7-16)9-10-3-4-13-11(8-10)14-12/h3-4,8,16H,2,5-7,9,12H2,1H3,(H,13,14). The summed E-state index contributed by atoms with van der Waals surface area (Å²) in [5, 5.41) is 8.96. The number of nitrogens with two attached hydrogens (primary N) is 1. The van der Waals surface area contributed by atoms with Crippen molar-refractivity contribution in [2.24, 2.45) is 5.84 Å². The van der Waals surface area contributed by atoms with Crippen LogP contribution in [0.25, 0.3) is 0 Å². The molecule has 1 aromatic rings. The second kappa shape index (κ2) is 7.16. The zero-order valence-corrected chi connectivity index (χ0v) is 9.69. The van der Waals surface area contributed by atoms with E-state index >= 15 is 0 Å². The van der Waals surface area contributed by atoms with Crippen LogP contribution >= 0.6 is 0 Å². The minimum Gasteiger partial charge on any atom is -0.395 e. The summed E-state index contributed by atoms with van der Waals surface area (Å²) in [6.45, 7) is 4.80. The van der Waals surface area contributed by atoms with Gasteiger partial charge in [0.25, 0.3) is 0 Å². The van der Waals surface area contributed by atoms with Crippen LogP contribution in [0.1, 0.15) is 18.9 Å². The molecule has 0 amide bonds. The highest BCUT2D eigenvalue weighted by Crippen LogP contribution is 2.08. The van der Waals surface area contributed by atoms with Gasteiger partial charge in [0.15, 0.2) is 0 Å². The minimum absolute atomic E-state index is 0.188. The normalized spacial score (nSPS) is 10.8. The second-order valence-corrected chi connectivity index (χ2v) is 3.69. The zero-order chi connectivity index (χ0) is 11.8. The third kappa shape index (κ3) is 4.14. The lowest BCUT2D eigenvalue weighted by molar-refractivity contribution is 0.190. The van der Waals surface area contributed by atoms with Crippen LogP contribution in [-0.2, 0) is 6.54 Å². The molecule has 0 bridgehead atoms. The van der Waals surface area contributed by atoms with Gasteiger partial charge in [0, 0.05) is 19.3 Å². The van der Waals surface area contributed by atoms with E-state index in [1.54, 1.807) is 6.20 Å². The molecule has 90 valence electrons. The Kier molecular flexibility index (Phi) is 5.77. The fourth-order valence-electron chi connectivity index (χ4n) is 1.64. The van der Waals surface area contributed by atoms with E-state index < -0.39 is 0 Å². The number of nitrogen functional groups attached to an aromatic ring is 1. The molecule has 0 saturated carbocycles. The molecular weight excluding hydrogens is 204 g/mol. The number of nitrogens with one attached hydrogen (secondary N) is 1. The van der Waals surface area contributed by atoms with Gasteiger partial charge in [0.1, 0.15) is 5.82 Å². The molecule has 0 saturated heterocycles.